The molecule has 2 aromatic rings. The highest BCUT2D eigenvalue weighted by molar-refractivity contribution is 8.02. The Morgan fingerprint density at radius 2 is 1.53 bits per heavy atom. The lowest BCUT2D eigenvalue weighted by Crippen LogP contribution is -2.55. The molecule has 8 nitrogen and oxygen atoms in total. The first-order valence-electron chi connectivity index (χ1n) is 15.2. The number of nitrogens with zero attached hydrogens (tertiary/aromatic N) is 4. The lowest BCUT2D eigenvalue weighted by Gasteiger charge is -2.37. The molecule has 1 N–H and O–H groups in total. The van der Waals surface area contributed by atoms with Crippen LogP contribution in [0.1, 0.15) is 26.7 Å². The maximum absolute atomic E-state index is 14.6. The standard InChI is InChI=1S/C34H42N4O4S/c1-5-20-36(25-12-10-9-11-13-25)31(40)28-27-18-19-34(43-27)29(28)32(41)38(22-23-39)30(34)33(42)37(21-6-2)26-16-14-24(15-17-26)35(7-3)8-4/h5-6,9-17,27-30,39H,1-2,7-8,18-23H2,3-4H3/t27-,28+,29-,30?,34?/m0/s1. The highest BCUT2D eigenvalue weighted by atomic mass is 32.2. The number of benzene rings is 2. The Labute approximate surface area is 259 Å². The number of β-amino-alcohol motifs (C(OH)–C–C–N with tert-alkyl or cyclic N) is 1. The van der Waals surface area contributed by atoms with Crippen LogP contribution in [0.2, 0.25) is 0 Å². The number of likely N-dealkylation sites (tertiary alicyclic amines) is 1. The molecule has 1 spiro atoms. The molecule has 3 heterocycles. The maximum Gasteiger partial charge on any atom is 0.251 e. The topological polar surface area (TPSA) is 84.4 Å². The second-order valence-corrected chi connectivity index (χ2v) is 12.9. The number of anilines is 3. The van der Waals surface area contributed by atoms with Crippen molar-refractivity contribution in [2.75, 3.05) is 54.0 Å². The maximum atomic E-state index is 14.6. The number of fused-ring (bicyclic) bond motifs is 1. The number of amides is 3. The number of rotatable bonds is 13. The van der Waals surface area contributed by atoms with E-state index < -0.39 is 22.6 Å². The van der Waals surface area contributed by atoms with E-state index in [4.69, 9.17) is 0 Å². The van der Waals surface area contributed by atoms with Gasteiger partial charge in [-0.05, 0) is 63.1 Å². The van der Waals surface area contributed by atoms with Gasteiger partial charge in [-0.3, -0.25) is 14.4 Å². The van der Waals surface area contributed by atoms with Crippen LogP contribution in [0.25, 0.3) is 0 Å². The van der Waals surface area contributed by atoms with Gasteiger partial charge in [-0.2, -0.15) is 0 Å². The normalized spacial score (nSPS) is 25.4. The second-order valence-electron chi connectivity index (χ2n) is 11.3. The quantitative estimate of drug-likeness (QED) is 0.343. The Kier molecular flexibility index (Phi) is 9.32. The fraction of sp³-hybridized carbons (Fsp3) is 0.441. The summed E-state index contributed by atoms with van der Waals surface area (Å²) >= 11 is 1.63. The van der Waals surface area contributed by atoms with E-state index in [0.717, 1.165) is 36.6 Å². The van der Waals surface area contributed by atoms with Crippen LogP contribution in [0, 0.1) is 11.8 Å². The summed E-state index contributed by atoms with van der Waals surface area (Å²) in [5, 5.41) is 9.95. The van der Waals surface area contributed by atoms with Crippen LogP contribution in [0.3, 0.4) is 0 Å². The minimum atomic E-state index is -0.795. The first kappa shape index (κ1) is 30.9. The SMILES string of the molecule is C=CCN(C(=O)C1N(CCO)C(=O)[C@@H]2[C@H](C(=O)N(CC=C)c3ccccc3)[C@@H]3CCC12S3)c1ccc(N(CC)CC)cc1. The Bertz CT molecular complexity index is 1350. The number of carbonyl (C=O) groups excluding carboxylic acids is 3. The second kappa shape index (κ2) is 13.0. The zero-order valence-corrected chi connectivity index (χ0v) is 25.9. The van der Waals surface area contributed by atoms with Gasteiger partial charge in [0.1, 0.15) is 6.04 Å². The number of aliphatic hydroxyl groups is 1. The highest BCUT2D eigenvalue weighted by Crippen LogP contribution is 2.66. The van der Waals surface area contributed by atoms with Gasteiger partial charge in [-0.1, -0.05) is 30.4 Å². The molecule has 43 heavy (non-hydrogen) atoms. The van der Waals surface area contributed by atoms with Crippen LogP contribution in [-0.4, -0.2) is 83.1 Å². The number of carbonyl (C=O) groups is 3. The van der Waals surface area contributed by atoms with Gasteiger partial charge in [0.25, 0.3) is 5.91 Å². The summed E-state index contributed by atoms with van der Waals surface area (Å²) in [5.74, 6) is -1.74. The summed E-state index contributed by atoms with van der Waals surface area (Å²) in [4.78, 5) is 50.3. The van der Waals surface area contributed by atoms with Crippen molar-refractivity contribution < 1.29 is 19.5 Å². The van der Waals surface area contributed by atoms with Crippen LogP contribution in [0.4, 0.5) is 17.1 Å². The highest BCUT2D eigenvalue weighted by Gasteiger charge is 2.74. The summed E-state index contributed by atoms with van der Waals surface area (Å²) in [6, 6.07) is 16.6. The molecule has 3 amide bonds. The Morgan fingerprint density at radius 3 is 2.12 bits per heavy atom. The summed E-state index contributed by atoms with van der Waals surface area (Å²) in [6.07, 6.45) is 4.80. The number of hydrogen-bond acceptors (Lipinski definition) is 6. The molecule has 5 rings (SSSR count). The third-order valence-corrected chi connectivity index (χ3v) is 11.1. The van der Waals surface area contributed by atoms with Crippen LogP contribution in [-0.2, 0) is 14.4 Å². The van der Waals surface area contributed by atoms with Gasteiger partial charge in [0.2, 0.25) is 11.8 Å². The summed E-state index contributed by atoms with van der Waals surface area (Å²) in [5.41, 5.74) is 2.55. The van der Waals surface area contributed by atoms with E-state index in [-0.39, 0.29) is 42.7 Å². The van der Waals surface area contributed by atoms with Crippen molar-refractivity contribution in [1.29, 1.82) is 0 Å². The van der Waals surface area contributed by atoms with Gasteiger partial charge in [0.15, 0.2) is 0 Å². The third-order valence-electron chi connectivity index (χ3n) is 9.17. The molecule has 3 saturated heterocycles. The zero-order valence-electron chi connectivity index (χ0n) is 25.1. The van der Waals surface area contributed by atoms with Crippen molar-refractivity contribution in [3.8, 4) is 0 Å². The van der Waals surface area contributed by atoms with Crippen LogP contribution in [0.5, 0.6) is 0 Å². The third kappa shape index (κ3) is 5.27. The fourth-order valence-electron chi connectivity index (χ4n) is 7.33. The van der Waals surface area contributed by atoms with Crippen molar-refractivity contribution in [3.05, 3.63) is 79.9 Å². The van der Waals surface area contributed by atoms with E-state index in [1.165, 1.54) is 0 Å². The van der Waals surface area contributed by atoms with E-state index in [1.54, 1.807) is 38.6 Å². The number of aliphatic hydroxyl groups excluding tert-OH is 1. The first-order chi connectivity index (χ1) is 20.9. The Morgan fingerprint density at radius 1 is 0.953 bits per heavy atom. The van der Waals surface area contributed by atoms with Gasteiger partial charge in [-0.25, -0.2) is 0 Å². The fourth-order valence-corrected chi connectivity index (χ4v) is 9.54. The molecule has 3 aliphatic heterocycles. The summed E-state index contributed by atoms with van der Waals surface area (Å²) in [7, 11) is 0. The van der Waals surface area contributed by atoms with Crippen LogP contribution >= 0.6 is 11.8 Å². The van der Waals surface area contributed by atoms with Crippen LogP contribution in [0.15, 0.2) is 79.9 Å². The monoisotopic (exact) mass is 602 g/mol. The number of thioether (sulfide) groups is 1. The van der Waals surface area contributed by atoms with Crippen molar-refractivity contribution in [3.63, 3.8) is 0 Å². The zero-order chi connectivity index (χ0) is 30.7. The van der Waals surface area contributed by atoms with E-state index in [1.807, 2.05) is 54.6 Å². The molecule has 9 heteroatoms. The van der Waals surface area contributed by atoms with Crippen molar-refractivity contribution in [2.45, 2.75) is 42.7 Å². The van der Waals surface area contributed by atoms with Crippen molar-refractivity contribution in [1.82, 2.24) is 4.90 Å². The molecular formula is C34H42N4O4S. The van der Waals surface area contributed by atoms with Gasteiger partial charge < -0.3 is 24.7 Å². The lowest BCUT2D eigenvalue weighted by atomic mass is 9.70. The van der Waals surface area contributed by atoms with Gasteiger partial charge in [0.05, 0.1) is 23.2 Å². The van der Waals surface area contributed by atoms with E-state index >= 15 is 0 Å². The molecule has 0 saturated carbocycles. The average molecular weight is 603 g/mol. The van der Waals surface area contributed by atoms with E-state index in [2.05, 4.69) is 31.9 Å². The summed E-state index contributed by atoms with van der Waals surface area (Å²) < 4.78 is -0.745. The number of para-hydroxylation sites is 1. The molecule has 228 valence electrons. The molecule has 2 unspecified atom stereocenters. The van der Waals surface area contributed by atoms with Gasteiger partial charge in [0, 0.05) is 55.0 Å². The van der Waals surface area contributed by atoms with E-state index in [9.17, 15) is 19.5 Å². The van der Waals surface area contributed by atoms with Crippen molar-refractivity contribution in [2.24, 2.45) is 11.8 Å². The Balaban J connectivity index is 1.51. The van der Waals surface area contributed by atoms with E-state index in [0.29, 0.717) is 13.0 Å². The molecule has 3 fully saturated rings. The summed E-state index contributed by atoms with van der Waals surface area (Å²) in [6.45, 7) is 14.1. The molecule has 2 aromatic carbocycles. The molecular weight excluding hydrogens is 560 g/mol. The molecule has 0 aromatic heterocycles. The minimum absolute atomic E-state index is 0.0392. The largest absolute Gasteiger partial charge is 0.395 e. The number of hydrogen-bond donors (Lipinski definition) is 1. The Hall–Kier alpha value is -3.56. The first-order valence-corrected chi connectivity index (χ1v) is 16.1. The average Bonchev–Trinajstić information content (AvgIpc) is 3.67. The smallest absolute Gasteiger partial charge is 0.251 e. The van der Waals surface area contributed by atoms with Gasteiger partial charge in [-0.15, -0.1) is 24.9 Å². The molecule has 2 bridgehead atoms. The van der Waals surface area contributed by atoms with Crippen LogP contribution < -0.4 is 14.7 Å². The predicted molar refractivity (Wildman–Crippen MR) is 174 cm³/mol. The molecule has 0 radical (unpaired) electrons. The molecule has 3 aliphatic rings. The molecule has 5 atom stereocenters. The van der Waals surface area contributed by atoms with Crippen molar-refractivity contribution >= 4 is 46.5 Å². The lowest BCUT2D eigenvalue weighted by molar-refractivity contribution is -0.139. The predicted octanol–water partition coefficient (Wildman–Crippen LogP) is 4.35. The minimum Gasteiger partial charge on any atom is -0.395 e. The van der Waals surface area contributed by atoms with Gasteiger partial charge >= 0.3 is 0 Å². The molecule has 0 aliphatic carbocycles.